The Hall–Kier alpha value is -0.610. The number of hydrogen-bond acceptors (Lipinski definition) is 4. The fourth-order valence-electron chi connectivity index (χ4n) is 1.59. The van der Waals surface area contributed by atoms with Gasteiger partial charge in [0.25, 0.3) is 0 Å². The van der Waals surface area contributed by atoms with Crippen molar-refractivity contribution in [3.63, 3.8) is 0 Å². The van der Waals surface area contributed by atoms with Crippen molar-refractivity contribution in [2.24, 2.45) is 0 Å². The highest BCUT2D eigenvalue weighted by Gasteiger charge is 2.17. The number of unbranched alkanes of at least 4 members (excludes halogenated alkanes) is 2. The quantitative estimate of drug-likeness (QED) is 0.645. The summed E-state index contributed by atoms with van der Waals surface area (Å²) in [6.45, 7) is 5.74. The molecule has 0 N–H and O–H groups in total. The zero-order valence-electron chi connectivity index (χ0n) is 9.87. The molecule has 0 aromatic carbocycles. The second-order valence-electron chi connectivity index (χ2n) is 4.15. The Morgan fingerprint density at radius 2 is 1.87 bits per heavy atom. The predicted octanol–water partition coefficient (Wildman–Crippen LogP) is 1.27. The van der Waals surface area contributed by atoms with Gasteiger partial charge in [-0.25, -0.2) is 0 Å². The number of likely N-dealkylation sites (N-methyl/N-ethyl adjacent to an activating group) is 1. The van der Waals surface area contributed by atoms with Gasteiger partial charge in [-0.3, -0.25) is 4.79 Å². The Kier molecular flexibility index (Phi) is 5.65. The molecule has 0 amide bonds. The van der Waals surface area contributed by atoms with Crippen LogP contribution in [0.25, 0.3) is 0 Å². The van der Waals surface area contributed by atoms with E-state index in [2.05, 4.69) is 18.9 Å². The highest BCUT2D eigenvalue weighted by molar-refractivity contribution is 5.68. The molecule has 1 saturated heterocycles. The lowest BCUT2D eigenvalue weighted by Gasteiger charge is -2.30. The molecule has 1 heterocycles. The summed E-state index contributed by atoms with van der Waals surface area (Å²) in [6.07, 6.45) is 3.75. The first kappa shape index (κ1) is 12.5. The third-order valence-electron chi connectivity index (χ3n) is 2.68. The average Bonchev–Trinajstić information content (AvgIpc) is 2.22. The first-order valence-corrected chi connectivity index (χ1v) is 5.86. The van der Waals surface area contributed by atoms with Crippen molar-refractivity contribution in [1.82, 2.24) is 9.96 Å². The van der Waals surface area contributed by atoms with Crippen LogP contribution in [0, 0.1) is 0 Å². The molecular weight excluding hydrogens is 192 g/mol. The Balaban J connectivity index is 2.09. The summed E-state index contributed by atoms with van der Waals surface area (Å²) in [5, 5.41) is 1.79. The molecule has 0 unspecified atom stereocenters. The molecule has 0 saturated carbocycles. The van der Waals surface area contributed by atoms with Crippen LogP contribution in [-0.4, -0.2) is 49.2 Å². The van der Waals surface area contributed by atoms with E-state index in [1.165, 1.54) is 0 Å². The molecule has 15 heavy (non-hydrogen) atoms. The zero-order chi connectivity index (χ0) is 11.1. The van der Waals surface area contributed by atoms with Gasteiger partial charge < -0.3 is 9.74 Å². The SMILES string of the molecule is CCCCCC(=O)ON1CCN(C)CC1. The van der Waals surface area contributed by atoms with Crippen molar-refractivity contribution in [1.29, 1.82) is 0 Å². The maximum absolute atomic E-state index is 11.4. The fourth-order valence-corrected chi connectivity index (χ4v) is 1.59. The van der Waals surface area contributed by atoms with Crippen LogP contribution in [0.2, 0.25) is 0 Å². The first-order chi connectivity index (χ1) is 7.22. The van der Waals surface area contributed by atoms with Gasteiger partial charge in [-0.2, -0.15) is 0 Å². The lowest BCUT2D eigenvalue weighted by atomic mass is 10.2. The van der Waals surface area contributed by atoms with Gasteiger partial charge in [-0.05, 0) is 13.5 Å². The van der Waals surface area contributed by atoms with Crippen molar-refractivity contribution < 1.29 is 9.63 Å². The molecule has 0 aliphatic carbocycles. The van der Waals surface area contributed by atoms with E-state index in [0.717, 1.165) is 45.4 Å². The van der Waals surface area contributed by atoms with E-state index in [1.54, 1.807) is 5.06 Å². The van der Waals surface area contributed by atoms with Gasteiger partial charge in [0.2, 0.25) is 0 Å². The minimum absolute atomic E-state index is 0.0759. The summed E-state index contributed by atoms with van der Waals surface area (Å²) in [4.78, 5) is 18.9. The molecule has 0 aromatic heterocycles. The Morgan fingerprint density at radius 1 is 1.20 bits per heavy atom. The normalized spacial score (nSPS) is 19.1. The van der Waals surface area contributed by atoms with Crippen LogP contribution >= 0.6 is 0 Å². The molecule has 88 valence electrons. The van der Waals surface area contributed by atoms with Crippen molar-refractivity contribution in [3.8, 4) is 0 Å². The third-order valence-corrected chi connectivity index (χ3v) is 2.68. The van der Waals surface area contributed by atoms with E-state index < -0.39 is 0 Å². The number of carbonyl (C=O) groups is 1. The molecule has 0 atom stereocenters. The number of piperazine rings is 1. The number of hydroxylamine groups is 2. The second kappa shape index (κ2) is 6.80. The minimum Gasteiger partial charge on any atom is -0.368 e. The summed E-state index contributed by atoms with van der Waals surface area (Å²) in [6, 6.07) is 0. The first-order valence-electron chi connectivity index (χ1n) is 5.86. The van der Waals surface area contributed by atoms with Gasteiger partial charge in [-0.15, -0.1) is 5.06 Å². The lowest BCUT2D eigenvalue weighted by Crippen LogP contribution is -2.45. The molecule has 1 aliphatic heterocycles. The predicted molar refractivity (Wildman–Crippen MR) is 59.3 cm³/mol. The van der Waals surface area contributed by atoms with Gasteiger partial charge in [0, 0.05) is 32.6 Å². The molecule has 4 nitrogen and oxygen atoms in total. The fraction of sp³-hybridized carbons (Fsp3) is 0.909. The van der Waals surface area contributed by atoms with Crippen LogP contribution in [0.1, 0.15) is 32.6 Å². The largest absolute Gasteiger partial charge is 0.368 e. The molecule has 4 heteroatoms. The van der Waals surface area contributed by atoms with Crippen molar-refractivity contribution >= 4 is 5.97 Å². The highest BCUT2D eigenvalue weighted by atomic mass is 16.7. The zero-order valence-corrected chi connectivity index (χ0v) is 9.87. The molecule has 0 radical (unpaired) electrons. The molecule has 0 aromatic rings. The third kappa shape index (κ3) is 5.14. The van der Waals surface area contributed by atoms with Crippen molar-refractivity contribution in [3.05, 3.63) is 0 Å². The van der Waals surface area contributed by atoms with Gasteiger partial charge in [0.1, 0.15) is 0 Å². The highest BCUT2D eigenvalue weighted by Crippen LogP contribution is 2.04. The molecule has 1 fully saturated rings. The van der Waals surface area contributed by atoms with E-state index in [9.17, 15) is 4.79 Å². The van der Waals surface area contributed by atoms with Gasteiger partial charge in [0.05, 0.1) is 0 Å². The van der Waals surface area contributed by atoms with Crippen LogP contribution in [-0.2, 0) is 9.63 Å². The van der Waals surface area contributed by atoms with Crippen molar-refractivity contribution in [2.45, 2.75) is 32.6 Å². The van der Waals surface area contributed by atoms with E-state index in [0.29, 0.717) is 6.42 Å². The van der Waals surface area contributed by atoms with E-state index >= 15 is 0 Å². The number of nitrogens with zero attached hydrogens (tertiary/aromatic N) is 2. The summed E-state index contributed by atoms with van der Waals surface area (Å²) >= 11 is 0. The van der Waals surface area contributed by atoms with Gasteiger partial charge in [-0.1, -0.05) is 19.8 Å². The molecule has 0 spiro atoms. The summed E-state index contributed by atoms with van der Waals surface area (Å²) < 4.78 is 0. The van der Waals surface area contributed by atoms with Gasteiger partial charge >= 0.3 is 5.97 Å². The summed E-state index contributed by atoms with van der Waals surface area (Å²) in [7, 11) is 2.08. The van der Waals surface area contributed by atoms with Crippen LogP contribution in [0.3, 0.4) is 0 Å². The summed E-state index contributed by atoms with van der Waals surface area (Å²) in [5.74, 6) is -0.0759. The van der Waals surface area contributed by atoms with Crippen molar-refractivity contribution in [2.75, 3.05) is 33.2 Å². The molecule has 0 bridgehead atoms. The smallest absolute Gasteiger partial charge is 0.325 e. The standard InChI is InChI=1S/C11H22N2O2/c1-3-4-5-6-11(14)15-13-9-7-12(2)8-10-13/h3-10H2,1-2H3. The maximum Gasteiger partial charge on any atom is 0.325 e. The number of hydrogen-bond donors (Lipinski definition) is 0. The van der Waals surface area contributed by atoms with E-state index in [1.807, 2.05) is 0 Å². The van der Waals surface area contributed by atoms with Gasteiger partial charge in [0.15, 0.2) is 0 Å². The monoisotopic (exact) mass is 214 g/mol. The molecular formula is C11H22N2O2. The number of rotatable bonds is 5. The summed E-state index contributed by atoms with van der Waals surface area (Å²) in [5.41, 5.74) is 0. The molecule has 1 aliphatic rings. The van der Waals surface area contributed by atoms with Crippen LogP contribution < -0.4 is 0 Å². The van der Waals surface area contributed by atoms with Crippen LogP contribution in [0.5, 0.6) is 0 Å². The topological polar surface area (TPSA) is 32.8 Å². The lowest BCUT2D eigenvalue weighted by molar-refractivity contribution is -0.197. The van der Waals surface area contributed by atoms with Crippen LogP contribution in [0.4, 0.5) is 0 Å². The van der Waals surface area contributed by atoms with E-state index in [-0.39, 0.29) is 5.97 Å². The Labute approximate surface area is 92.1 Å². The maximum atomic E-state index is 11.4. The Morgan fingerprint density at radius 3 is 2.47 bits per heavy atom. The second-order valence-corrected chi connectivity index (χ2v) is 4.15. The van der Waals surface area contributed by atoms with E-state index in [4.69, 9.17) is 4.84 Å². The average molecular weight is 214 g/mol. The molecule has 1 rings (SSSR count). The number of carbonyl (C=O) groups excluding carboxylic acids is 1. The minimum atomic E-state index is -0.0759. The Bertz CT molecular complexity index is 189. The van der Waals surface area contributed by atoms with Crippen LogP contribution in [0.15, 0.2) is 0 Å².